The van der Waals surface area contributed by atoms with E-state index in [1.165, 1.54) is 0 Å². The third-order valence-electron chi connectivity index (χ3n) is 2.09. The smallest absolute Gasteiger partial charge is 0.125 e. The van der Waals surface area contributed by atoms with Crippen LogP contribution in [0.3, 0.4) is 0 Å². The third-order valence-corrected chi connectivity index (χ3v) is 2.09. The van der Waals surface area contributed by atoms with E-state index in [4.69, 9.17) is 4.74 Å². The van der Waals surface area contributed by atoms with Gasteiger partial charge in [0.05, 0.1) is 5.69 Å². The van der Waals surface area contributed by atoms with Gasteiger partial charge in [-0.2, -0.15) is 0 Å². The zero-order valence-electron chi connectivity index (χ0n) is 9.49. The molecule has 0 fully saturated rings. The van der Waals surface area contributed by atoms with Gasteiger partial charge in [0.15, 0.2) is 0 Å². The van der Waals surface area contributed by atoms with Crippen LogP contribution in [0, 0.1) is 6.92 Å². The van der Waals surface area contributed by atoms with Gasteiger partial charge >= 0.3 is 0 Å². The number of nitrogens with one attached hydrogen (secondary N) is 1. The van der Waals surface area contributed by atoms with Crippen LogP contribution in [0.15, 0.2) is 12.3 Å². The molecule has 0 radical (unpaired) electrons. The predicted molar refractivity (Wildman–Crippen MR) is 59.6 cm³/mol. The average molecular weight is 209 g/mol. The van der Waals surface area contributed by atoms with E-state index in [0.717, 1.165) is 44.1 Å². The minimum atomic E-state index is 0.816. The summed E-state index contributed by atoms with van der Waals surface area (Å²) in [5.74, 6) is 0.827. The van der Waals surface area contributed by atoms with E-state index in [9.17, 15) is 0 Å². The van der Waals surface area contributed by atoms with Crippen LogP contribution in [-0.4, -0.2) is 30.2 Å². The van der Waals surface area contributed by atoms with Gasteiger partial charge in [0, 0.05) is 26.5 Å². The SMILES string of the molecule is COCCCCNCc1ccnc(C)n1. The highest BCUT2D eigenvalue weighted by molar-refractivity contribution is 5.00. The summed E-state index contributed by atoms with van der Waals surface area (Å²) in [5, 5.41) is 3.34. The van der Waals surface area contributed by atoms with Gasteiger partial charge in [-0.25, -0.2) is 9.97 Å². The molecular formula is C11H19N3O. The largest absolute Gasteiger partial charge is 0.385 e. The molecule has 0 atom stereocenters. The molecule has 0 spiro atoms. The first-order valence-corrected chi connectivity index (χ1v) is 5.31. The fourth-order valence-electron chi connectivity index (χ4n) is 1.32. The Morgan fingerprint density at radius 3 is 3.00 bits per heavy atom. The first-order chi connectivity index (χ1) is 7.33. The summed E-state index contributed by atoms with van der Waals surface area (Å²) in [6.07, 6.45) is 4.04. The number of ether oxygens (including phenoxy) is 1. The summed E-state index contributed by atoms with van der Waals surface area (Å²) >= 11 is 0. The molecule has 1 aromatic rings. The fourth-order valence-corrected chi connectivity index (χ4v) is 1.32. The van der Waals surface area contributed by atoms with Crippen molar-refractivity contribution in [2.75, 3.05) is 20.3 Å². The Morgan fingerprint density at radius 1 is 1.40 bits per heavy atom. The van der Waals surface area contributed by atoms with Crippen molar-refractivity contribution in [2.45, 2.75) is 26.3 Å². The quantitative estimate of drug-likeness (QED) is 0.688. The Labute approximate surface area is 91.1 Å². The highest BCUT2D eigenvalue weighted by atomic mass is 16.5. The maximum atomic E-state index is 4.97. The Kier molecular flexibility index (Phi) is 5.88. The van der Waals surface area contributed by atoms with Crippen LogP contribution in [0.5, 0.6) is 0 Å². The topological polar surface area (TPSA) is 47.0 Å². The van der Waals surface area contributed by atoms with Crippen LogP contribution < -0.4 is 5.32 Å². The number of methoxy groups -OCH3 is 1. The lowest BCUT2D eigenvalue weighted by Gasteiger charge is -2.04. The molecule has 84 valence electrons. The van der Waals surface area contributed by atoms with Gasteiger partial charge in [-0.3, -0.25) is 0 Å². The Bertz CT molecular complexity index is 278. The zero-order valence-corrected chi connectivity index (χ0v) is 9.49. The summed E-state index contributed by atoms with van der Waals surface area (Å²) in [4.78, 5) is 8.36. The van der Waals surface area contributed by atoms with E-state index >= 15 is 0 Å². The Hall–Kier alpha value is -1.00. The number of hydrogen-bond donors (Lipinski definition) is 1. The highest BCUT2D eigenvalue weighted by Crippen LogP contribution is 1.94. The lowest BCUT2D eigenvalue weighted by Crippen LogP contribution is -2.16. The number of hydrogen-bond acceptors (Lipinski definition) is 4. The second kappa shape index (κ2) is 7.31. The van der Waals surface area contributed by atoms with Gasteiger partial charge in [-0.1, -0.05) is 0 Å². The molecular weight excluding hydrogens is 190 g/mol. The van der Waals surface area contributed by atoms with Crippen LogP contribution >= 0.6 is 0 Å². The predicted octanol–water partition coefficient (Wildman–Crippen LogP) is 1.30. The molecule has 0 unspecified atom stereocenters. The molecule has 0 saturated heterocycles. The molecule has 4 heteroatoms. The first-order valence-electron chi connectivity index (χ1n) is 5.31. The molecule has 0 saturated carbocycles. The minimum absolute atomic E-state index is 0.816. The van der Waals surface area contributed by atoms with Gasteiger partial charge in [-0.15, -0.1) is 0 Å². The lowest BCUT2D eigenvalue weighted by atomic mass is 10.3. The van der Waals surface area contributed by atoms with Gasteiger partial charge in [0.2, 0.25) is 0 Å². The number of rotatable bonds is 7. The monoisotopic (exact) mass is 209 g/mol. The fraction of sp³-hybridized carbons (Fsp3) is 0.636. The van der Waals surface area contributed by atoms with Gasteiger partial charge in [0.1, 0.15) is 5.82 Å². The maximum absolute atomic E-state index is 4.97. The van der Waals surface area contributed by atoms with Crippen LogP contribution in [0.25, 0.3) is 0 Å². The summed E-state index contributed by atoms with van der Waals surface area (Å²) in [5.41, 5.74) is 1.05. The molecule has 0 aliphatic heterocycles. The van der Waals surface area contributed by atoms with E-state index in [1.54, 1.807) is 13.3 Å². The number of nitrogens with zero attached hydrogens (tertiary/aromatic N) is 2. The van der Waals surface area contributed by atoms with Crippen molar-refractivity contribution in [3.8, 4) is 0 Å². The molecule has 1 aromatic heterocycles. The number of aryl methyl sites for hydroxylation is 1. The molecule has 1 heterocycles. The Balaban J connectivity index is 2.10. The van der Waals surface area contributed by atoms with Crippen molar-refractivity contribution in [2.24, 2.45) is 0 Å². The van der Waals surface area contributed by atoms with Gasteiger partial charge in [-0.05, 0) is 32.4 Å². The van der Waals surface area contributed by atoms with Crippen molar-refractivity contribution in [3.63, 3.8) is 0 Å². The molecule has 15 heavy (non-hydrogen) atoms. The number of aromatic nitrogens is 2. The van der Waals surface area contributed by atoms with Gasteiger partial charge in [0.25, 0.3) is 0 Å². The summed E-state index contributed by atoms with van der Waals surface area (Å²) in [7, 11) is 1.73. The van der Waals surface area contributed by atoms with Crippen molar-refractivity contribution < 1.29 is 4.74 Å². The molecule has 1 N–H and O–H groups in total. The van der Waals surface area contributed by atoms with Crippen molar-refractivity contribution in [3.05, 3.63) is 23.8 Å². The maximum Gasteiger partial charge on any atom is 0.125 e. The van der Waals surface area contributed by atoms with Gasteiger partial charge < -0.3 is 10.1 Å². The normalized spacial score (nSPS) is 10.5. The average Bonchev–Trinajstić information content (AvgIpc) is 2.23. The van der Waals surface area contributed by atoms with E-state index in [1.807, 2.05) is 13.0 Å². The highest BCUT2D eigenvalue weighted by Gasteiger charge is 1.94. The minimum Gasteiger partial charge on any atom is -0.385 e. The Morgan fingerprint density at radius 2 is 2.27 bits per heavy atom. The third kappa shape index (κ3) is 5.44. The lowest BCUT2D eigenvalue weighted by molar-refractivity contribution is 0.192. The van der Waals surface area contributed by atoms with Crippen molar-refractivity contribution >= 4 is 0 Å². The molecule has 0 bridgehead atoms. The summed E-state index contributed by atoms with van der Waals surface area (Å²) in [6.45, 7) is 4.57. The second-order valence-electron chi connectivity index (χ2n) is 3.47. The van der Waals surface area contributed by atoms with E-state index < -0.39 is 0 Å². The van der Waals surface area contributed by atoms with Crippen molar-refractivity contribution in [1.82, 2.24) is 15.3 Å². The van der Waals surface area contributed by atoms with E-state index in [-0.39, 0.29) is 0 Å². The first kappa shape index (κ1) is 12.1. The van der Waals surface area contributed by atoms with E-state index in [2.05, 4.69) is 15.3 Å². The van der Waals surface area contributed by atoms with Crippen LogP contribution in [-0.2, 0) is 11.3 Å². The van der Waals surface area contributed by atoms with E-state index in [0.29, 0.717) is 0 Å². The molecule has 0 aliphatic rings. The molecule has 0 aliphatic carbocycles. The van der Waals surface area contributed by atoms with Crippen LogP contribution in [0.1, 0.15) is 24.4 Å². The van der Waals surface area contributed by atoms with Crippen molar-refractivity contribution in [1.29, 1.82) is 0 Å². The molecule has 0 aromatic carbocycles. The number of unbranched alkanes of at least 4 members (excludes halogenated alkanes) is 1. The standard InChI is InChI=1S/C11H19N3O/c1-10-13-7-5-11(14-10)9-12-6-3-4-8-15-2/h5,7,12H,3-4,6,8-9H2,1-2H3. The summed E-state index contributed by atoms with van der Waals surface area (Å²) in [6, 6.07) is 1.94. The zero-order chi connectivity index (χ0) is 10.9. The molecule has 0 amide bonds. The molecule has 4 nitrogen and oxygen atoms in total. The van der Waals surface area contributed by atoms with Crippen LogP contribution in [0.2, 0.25) is 0 Å². The molecule has 1 rings (SSSR count). The summed E-state index contributed by atoms with van der Waals surface area (Å²) < 4.78 is 4.97. The second-order valence-corrected chi connectivity index (χ2v) is 3.47. The van der Waals surface area contributed by atoms with Crippen LogP contribution in [0.4, 0.5) is 0 Å².